The SMILES string of the molecule is CCNC(=NCc1ccsc1)NCCCc1nc(C)cs1.I. The number of aryl methyl sites for hydroxylation is 2. The average Bonchev–Trinajstić information content (AvgIpc) is 3.12. The Bertz CT molecular complexity index is 552. The number of nitrogens with one attached hydrogen (secondary N) is 2. The molecule has 0 atom stereocenters. The lowest BCUT2D eigenvalue weighted by molar-refractivity contribution is 0.740. The molecular formula is C15H23IN4S2. The second-order valence-electron chi connectivity index (χ2n) is 4.74. The quantitative estimate of drug-likeness (QED) is 0.292. The molecule has 0 fully saturated rings. The molecule has 122 valence electrons. The number of aromatic nitrogens is 1. The van der Waals surface area contributed by atoms with E-state index < -0.39 is 0 Å². The fourth-order valence-electron chi connectivity index (χ4n) is 1.86. The maximum atomic E-state index is 4.59. The van der Waals surface area contributed by atoms with Crippen LogP contribution in [0.4, 0.5) is 0 Å². The van der Waals surface area contributed by atoms with Crippen molar-refractivity contribution in [2.24, 2.45) is 4.99 Å². The summed E-state index contributed by atoms with van der Waals surface area (Å²) in [5, 5.41) is 14.2. The van der Waals surface area contributed by atoms with Gasteiger partial charge in [-0.25, -0.2) is 9.98 Å². The number of nitrogens with zero attached hydrogens (tertiary/aromatic N) is 2. The Labute approximate surface area is 157 Å². The van der Waals surface area contributed by atoms with Crippen LogP contribution in [-0.2, 0) is 13.0 Å². The first-order chi connectivity index (χ1) is 10.3. The maximum absolute atomic E-state index is 4.59. The van der Waals surface area contributed by atoms with Gasteiger partial charge in [-0.2, -0.15) is 11.3 Å². The van der Waals surface area contributed by atoms with Gasteiger partial charge in [0, 0.05) is 30.6 Å². The summed E-state index contributed by atoms with van der Waals surface area (Å²) in [6.45, 7) is 6.64. The molecule has 2 N–H and O–H groups in total. The number of aliphatic imine (C=N–C) groups is 1. The Hall–Kier alpha value is -0.670. The van der Waals surface area contributed by atoms with Crippen LogP contribution in [0.2, 0.25) is 0 Å². The van der Waals surface area contributed by atoms with E-state index in [1.54, 1.807) is 22.7 Å². The summed E-state index contributed by atoms with van der Waals surface area (Å²) in [7, 11) is 0. The fourth-order valence-corrected chi connectivity index (χ4v) is 3.34. The summed E-state index contributed by atoms with van der Waals surface area (Å²) < 4.78 is 0. The Morgan fingerprint density at radius 2 is 2.18 bits per heavy atom. The number of thiophene rings is 1. The van der Waals surface area contributed by atoms with E-state index >= 15 is 0 Å². The number of hydrogen-bond donors (Lipinski definition) is 2. The van der Waals surface area contributed by atoms with Gasteiger partial charge in [0.25, 0.3) is 0 Å². The van der Waals surface area contributed by atoms with Crippen LogP contribution < -0.4 is 10.6 Å². The van der Waals surface area contributed by atoms with E-state index in [4.69, 9.17) is 0 Å². The van der Waals surface area contributed by atoms with Crippen molar-refractivity contribution >= 4 is 52.6 Å². The standard InChI is InChI=1S/C15H22N4S2.HI/c1-3-16-15(18-9-13-6-8-20-11-13)17-7-4-5-14-19-12(2)10-21-14;/h6,8,10-11H,3-5,7,9H2,1-2H3,(H2,16,17,18);1H. The van der Waals surface area contributed by atoms with Crippen molar-refractivity contribution in [3.05, 3.63) is 38.5 Å². The van der Waals surface area contributed by atoms with Gasteiger partial charge in [0.2, 0.25) is 0 Å². The number of halogens is 1. The van der Waals surface area contributed by atoms with E-state index in [0.29, 0.717) is 0 Å². The van der Waals surface area contributed by atoms with Gasteiger partial charge < -0.3 is 10.6 Å². The Morgan fingerprint density at radius 3 is 2.82 bits per heavy atom. The van der Waals surface area contributed by atoms with E-state index in [2.05, 4.69) is 49.7 Å². The molecule has 0 aliphatic heterocycles. The molecule has 2 rings (SSSR count). The summed E-state index contributed by atoms with van der Waals surface area (Å²) >= 11 is 3.45. The van der Waals surface area contributed by atoms with Crippen molar-refractivity contribution in [1.29, 1.82) is 0 Å². The topological polar surface area (TPSA) is 49.3 Å². The highest BCUT2D eigenvalue weighted by molar-refractivity contribution is 14.0. The third-order valence-electron chi connectivity index (χ3n) is 2.87. The number of rotatable bonds is 7. The first kappa shape index (κ1) is 19.4. The van der Waals surface area contributed by atoms with Gasteiger partial charge in [-0.3, -0.25) is 0 Å². The van der Waals surface area contributed by atoms with Crippen molar-refractivity contribution in [1.82, 2.24) is 15.6 Å². The minimum Gasteiger partial charge on any atom is -0.357 e. The lowest BCUT2D eigenvalue weighted by Crippen LogP contribution is -2.37. The predicted molar refractivity (Wildman–Crippen MR) is 108 cm³/mol. The minimum atomic E-state index is 0. The summed E-state index contributed by atoms with van der Waals surface area (Å²) in [4.78, 5) is 9.07. The van der Waals surface area contributed by atoms with Crippen LogP contribution in [-0.4, -0.2) is 24.0 Å². The molecule has 0 bridgehead atoms. The molecule has 2 aromatic rings. The molecule has 0 spiro atoms. The van der Waals surface area contributed by atoms with Crippen molar-refractivity contribution < 1.29 is 0 Å². The van der Waals surface area contributed by atoms with Crippen LogP contribution in [0, 0.1) is 6.92 Å². The van der Waals surface area contributed by atoms with Gasteiger partial charge >= 0.3 is 0 Å². The van der Waals surface area contributed by atoms with Gasteiger partial charge in [0.15, 0.2) is 5.96 Å². The molecule has 0 aromatic carbocycles. The Balaban J connectivity index is 0.00000242. The van der Waals surface area contributed by atoms with Crippen molar-refractivity contribution in [2.75, 3.05) is 13.1 Å². The largest absolute Gasteiger partial charge is 0.357 e. The van der Waals surface area contributed by atoms with Gasteiger partial charge in [-0.15, -0.1) is 35.3 Å². The molecule has 0 unspecified atom stereocenters. The Morgan fingerprint density at radius 1 is 1.32 bits per heavy atom. The number of hydrogen-bond acceptors (Lipinski definition) is 4. The molecule has 7 heteroatoms. The molecule has 0 aliphatic rings. The van der Waals surface area contributed by atoms with Gasteiger partial charge in [0.1, 0.15) is 0 Å². The lowest BCUT2D eigenvalue weighted by Gasteiger charge is -2.10. The van der Waals surface area contributed by atoms with Crippen LogP contribution >= 0.6 is 46.7 Å². The molecule has 4 nitrogen and oxygen atoms in total. The molecule has 0 amide bonds. The third kappa shape index (κ3) is 7.06. The number of guanidine groups is 1. The van der Waals surface area contributed by atoms with Crippen molar-refractivity contribution in [2.45, 2.75) is 33.2 Å². The second-order valence-corrected chi connectivity index (χ2v) is 6.46. The summed E-state index contributed by atoms with van der Waals surface area (Å²) in [5.41, 5.74) is 2.38. The Kier molecular flexibility index (Phi) is 9.65. The summed E-state index contributed by atoms with van der Waals surface area (Å²) in [5.74, 6) is 0.888. The summed E-state index contributed by atoms with van der Waals surface area (Å²) in [6.07, 6.45) is 2.09. The first-order valence-corrected chi connectivity index (χ1v) is 9.04. The van der Waals surface area contributed by atoms with E-state index in [9.17, 15) is 0 Å². The van der Waals surface area contributed by atoms with Crippen LogP contribution in [0.1, 0.15) is 29.6 Å². The van der Waals surface area contributed by atoms with Crippen LogP contribution in [0.3, 0.4) is 0 Å². The minimum absolute atomic E-state index is 0. The number of thiazole rings is 1. The maximum Gasteiger partial charge on any atom is 0.191 e. The van der Waals surface area contributed by atoms with Crippen molar-refractivity contribution in [3.63, 3.8) is 0 Å². The van der Waals surface area contributed by atoms with Crippen LogP contribution in [0.15, 0.2) is 27.2 Å². The molecule has 0 aliphatic carbocycles. The molecule has 22 heavy (non-hydrogen) atoms. The van der Waals surface area contributed by atoms with Crippen molar-refractivity contribution in [3.8, 4) is 0 Å². The average molecular weight is 450 g/mol. The second kappa shape index (κ2) is 11.0. The molecule has 0 radical (unpaired) electrons. The molecular weight excluding hydrogens is 427 g/mol. The van der Waals surface area contributed by atoms with E-state index in [1.165, 1.54) is 10.6 Å². The zero-order valence-electron chi connectivity index (χ0n) is 13.0. The highest BCUT2D eigenvalue weighted by Gasteiger charge is 2.00. The molecule has 2 heterocycles. The molecule has 2 aromatic heterocycles. The van der Waals surface area contributed by atoms with Gasteiger partial charge in [-0.1, -0.05) is 0 Å². The normalized spacial score (nSPS) is 11.1. The van der Waals surface area contributed by atoms with Crippen LogP contribution in [0.25, 0.3) is 0 Å². The van der Waals surface area contributed by atoms with Crippen LogP contribution in [0.5, 0.6) is 0 Å². The highest BCUT2D eigenvalue weighted by atomic mass is 127. The monoisotopic (exact) mass is 450 g/mol. The lowest BCUT2D eigenvalue weighted by atomic mass is 10.3. The van der Waals surface area contributed by atoms with Gasteiger partial charge in [0.05, 0.1) is 11.6 Å². The zero-order chi connectivity index (χ0) is 14.9. The zero-order valence-corrected chi connectivity index (χ0v) is 16.9. The molecule has 0 saturated carbocycles. The van der Waals surface area contributed by atoms with E-state index in [1.807, 2.05) is 6.92 Å². The fraction of sp³-hybridized carbons (Fsp3) is 0.467. The first-order valence-electron chi connectivity index (χ1n) is 7.22. The van der Waals surface area contributed by atoms with E-state index in [0.717, 1.165) is 44.1 Å². The smallest absolute Gasteiger partial charge is 0.191 e. The summed E-state index contributed by atoms with van der Waals surface area (Å²) in [6, 6.07) is 2.11. The third-order valence-corrected chi connectivity index (χ3v) is 4.63. The highest BCUT2D eigenvalue weighted by Crippen LogP contribution is 2.10. The predicted octanol–water partition coefficient (Wildman–Crippen LogP) is 3.82. The van der Waals surface area contributed by atoms with E-state index in [-0.39, 0.29) is 24.0 Å². The van der Waals surface area contributed by atoms with Gasteiger partial charge in [-0.05, 0) is 42.7 Å². The molecule has 0 saturated heterocycles.